The van der Waals surface area contributed by atoms with Gasteiger partial charge in [0, 0.05) is 36.6 Å². The van der Waals surface area contributed by atoms with Gasteiger partial charge < -0.3 is 5.32 Å². The largest absolute Gasteiger partial charge is 0.309 e. The molecule has 0 saturated heterocycles. The summed E-state index contributed by atoms with van der Waals surface area (Å²) in [7, 11) is 1.97. The van der Waals surface area contributed by atoms with Crippen LogP contribution in [0.4, 0.5) is 0 Å². The zero-order valence-corrected chi connectivity index (χ0v) is 10.3. The first kappa shape index (κ1) is 10.1. The lowest BCUT2D eigenvalue weighted by Gasteiger charge is -2.27. The Hall–Kier alpha value is -1.13. The first-order valence-electron chi connectivity index (χ1n) is 5.55. The molecule has 1 N–H and O–H groups in total. The minimum absolute atomic E-state index is 0.464. The summed E-state index contributed by atoms with van der Waals surface area (Å²) < 4.78 is 1.87. The summed E-state index contributed by atoms with van der Waals surface area (Å²) in [6, 6.07) is 2.75. The third-order valence-electron chi connectivity index (χ3n) is 3.25. The molecule has 4 heteroatoms. The number of nitrogens with one attached hydrogen (secondary N) is 1. The van der Waals surface area contributed by atoms with Gasteiger partial charge in [-0.1, -0.05) is 0 Å². The summed E-state index contributed by atoms with van der Waals surface area (Å²) in [6.45, 7) is 3.24. The molecule has 3 rings (SSSR count). The maximum atomic E-state index is 4.26. The number of fused-ring (bicyclic) bond motifs is 1. The molecule has 0 aliphatic carbocycles. The van der Waals surface area contributed by atoms with Crippen molar-refractivity contribution in [3.05, 3.63) is 39.8 Å². The summed E-state index contributed by atoms with van der Waals surface area (Å²) >= 11 is 1.85. The number of hydrogen-bond donors (Lipinski definition) is 1. The van der Waals surface area contributed by atoms with Crippen LogP contribution >= 0.6 is 11.3 Å². The van der Waals surface area contributed by atoms with Gasteiger partial charge in [-0.25, -0.2) is 0 Å². The fourth-order valence-corrected chi connectivity index (χ4v) is 3.38. The molecule has 2 aromatic heterocycles. The van der Waals surface area contributed by atoms with Crippen molar-refractivity contribution >= 4 is 11.3 Å². The van der Waals surface area contributed by atoms with E-state index in [0.29, 0.717) is 12.0 Å². The SMILES string of the molecule is CC1NCC(c2cnn(C)c2)c2ccsc21. The maximum Gasteiger partial charge on any atom is 0.0528 e. The zero-order chi connectivity index (χ0) is 11.1. The summed E-state index contributed by atoms with van der Waals surface area (Å²) in [5.74, 6) is 0.464. The summed E-state index contributed by atoms with van der Waals surface area (Å²) in [4.78, 5) is 1.47. The van der Waals surface area contributed by atoms with E-state index in [-0.39, 0.29) is 0 Å². The summed E-state index contributed by atoms with van der Waals surface area (Å²) in [5, 5.41) is 10.0. The molecule has 0 amide bonds. The molecule has 0 fully saturated rings. The first-order valence-corrected chi connectivity index (χ1v) is 6.43. The number of nitrogens with zero attached hydrogens (tertiary/aromatic N) is 2. The third kappa shape index (κ3) is 1.49. The van der Waals surface area contributed by atoms with Gasteiger partial charge in [0.2, 0.25) is 0 Å². The Bertz CT molecular complexity index is 500. The number of aryl methyl sites for hydroxylation is 1. The highest BCUT2D eigenvalue weighted by molar-refractivity contribution is 7.10. The normalized spacial score (nSPS) is 24.4. The van der Waals surface area contributed by atoms with Crippen LogP contribution in [0.3, 0.4) is 0 Å². The van der Waals surface area contributed by atoms with Crippen LogP contribution < -0.4 is 5.32 Å². The number of hydrogen-bond acceptors (Lipinski definition) is 3. The van der Waals surface area contributed by atoms with Crippen LogP contribution in [-0.2, 0) is 7.05 Å². The lowest BCUT2D eigenvalue weighted by molar-refractivity contribution is 0.518. The van der Waals surface area contributed by atoms with Gasteiger partial charge in [-0.05, 0) is 29.5 Å². The number of rotatable bonds is 1. The van der Waals surface area contributed by atoms with E-state index in [0.717, 1.165) is 6.54 Å². The fourth-order valence-electron chi connectivity index (χ4n) is 2.39. The van der Waals surface area contributed by atoms with Gasteiger partial charge in [-0.3, -0.25) is 4.68 Å². The van der Waals surface area contributed by atoms with Crippen molar-refractivity contribution in [2.75, 3.05) is 6.54 Å². The van der Waals surface area contributed by atoms with Crippen LogP contribution in [0.15, 0.2) is 23.8 Å². The molecule has 0 saturated carbocycles. The summed E-state index contributed by atoms with van der Waals surface area (Å²) in [5.41, 5.74) is 2.78. The first-order chi connectivity index (χ1) is 7.75. The lowest BCUT2D eigenvalue weighted by atomic mass is 9.89. The highest BCUT2D eigenvalue weighted by Gasteiger charge is 2.27. The van der Waals surface area contributed by atoms with Gasteiger partial charge >= 0.3 is 0 Å². The van der Waals surface area contributed by atoms with Crippen molar-refractivity contribution in [2.45, 2.75) is 18.9 Å². The highest BCUT2D eigenvalue weighted by atomic mass is 32.1. The molecule has 2 atom stereocenters. The van der Waals surface area contributed by atoms with Crippen LogP contribution in [0.2, 0.25) is 0 Å². The minimum Gasteiger partial charge on any atom is -0.309 e. The molecule has 1 aliphatic heterocycles. The summed E-state index contributed by atoms with van der Waals surface area (Å²) in [6.07, 6.45) is 4.09. The van der Waals surface area contributed by atoms with Crippen molar-refractivity contribution < 1.29 is 0 Å². The van der Waals surface area contributed by atoms with Crippen molar-refractivity contribution in [3.63, 3.8) is 0 Å². The lowest BCUT2D eigenvalue weighted by Crippen LogP contribution is -2.30. The molecule has 2 unspecified atom stereocenters. The van der Waals surface area contributed by atoms with Crippen molar-refractivity contribution in [3.8, 4) is 0 Å². The molecule has 3 heterocycles. The second-order valence-electron chi connectivity index (χ2n) is 4.37. The molecule has 84 valence electrons. The highest BCUT2D eigenvalue weighted by Crippen LogP contribution is 2.37. The maximum absolute atomic E-state index is 4.26. The van der Waals surface area contributed by atoms with Crippen LogP contribution in [0.5, 0.6) is 0 Å². The average molecular weight is 233 g/mol. The quantitative estimate of drug-likeness (QED) is 0.819. The van der Waals surface area contributed by atoms with E-state index in [1.54, 1.807) is 0 Å². The second kappa shape index (κ2) is 3.71. The van der Waals surface area contributed by atoms with E-state index in [2.05, 4.69) is 35.0 Å². The van der Waals surface area contributed by atoms with Crippen LogP contribution in [0, 0.1) is 0 Å². The van der Waals surface area contributed by atoms with Crippen LogP contribution in [0.1, 0.15) is 34.9 Å². The van der Waals surface area contributed by atoms with Crippen molar-refractivity contribution in [1.82, 2.24) is 15.1 Å². The van der Waals surface area contributed by atoms with E-state index in [9.17, 15) is 0 Å². The Labute approximate surface area is 99.1 Å². The third-order valence-corrected chi connectivity index (χ3v) is 4.37. The Morgan fingerprint density at radius 3 is 3.19 bits per heavy atom. The standard InChI is InChI=1S/C12H15N3S/c1-8-12-10(3-4-16-12)11(6-13-8)9-5-14-15(2)7-9/h3-5,7-8,11,13H,6H2,1-2H3. The van der Waals surface area contributed by atoms with Crippen LogP contribution in [0.25, 0.3) is 0 Å². The van der Waals surface area contributed by atoms with E-state index < -0.39 is 0 Å². The Morgan fingerprint density at radius 2 is 2.44 bits per heavy atom. The number of aromatic nitrogens is 2. The number of thiophene rings is 1. The zero-order valence-electron chi connectivity index (χ0n) is 9.47. The van der Waals surface area contributed by atoms with Gasteiger partial charge in [0.1, 0.15) is 0 Å². The molecule has 3 nitrogen and oxygen atoms in total. The van der Waals surface area contributed by atoms with Gasteiger partial charge in [-0.15, -0.1) is 11.3 Å². The predicted octanol–water partition coefficient (Wildman–Crippen LogP) is 2.28. The van der Waals surface area contributed by atoms with Gasteiger partial charge in [0.05, 0.1) is 6.20 Å². The fraction of sp³-hybridized carbons (Fsp3) is 0.417. The Kier molecular flexibility index (Phi) is 2.33. The van der Waals surface area contributed by atoms with E-state index in [1.807, 2.05) is 29.3 Å². The molecule has 0 spiro atoms. The van der Waals surface area contributed by atoms with E-state index >= 15 is 0 Å². The van der Waals surface area contributed by atoms with Gasteiger partial charge in [0.15, 0.2) is 0 Å². The molecular formula is C12H15N3S. The van der Waals surface area contributed by atoms with Gasteiger partial charge in [-0.2, -0.15) is 5.10 Å². The van der Waals surface area contributed by atoms with Crippen LogP contribution in [-0.4, -0.2) is 16.3 Å². The topological polar surface area (TPSA) is 29.9 Å². The molecule has 0 bridgehead atoms. The Balaban J connectivity index is 2.03. The van der Waals surface area contributed by atoms with Crippen molar-refractivity contribution in [2.24, 2.45) is 7.05 Å². The smallest absolute Gasteiger partial charge is 0.0528 e. The predicted molar refractivity (Wildman–Crippen MR) is 65.8 cm³/mol. The van der Waals surface area contributed by atoms with E-state index in [1.165, 1.54) is 16.0 Å². The molecule has 16 heavy (non-hydrogen) atoms. The molecular weight excluding hydrogens is 218 g/mol. The van der Waals surface area contributed by atoms with Gasteiger partial charge in [0.25, 0.3) is 0 Å². The molecule has 1 aliphatic rings. The van der Waals surface area contributed by atoms with Crippen molar-refractivity contribution in [1.29, 1.82) is 0 Å². The molecule has 0 radical (unpaired) electrons. The second-order valence-corrected chi connectivity index (χ2v) is 5.32. The minimum atomic E-state index is 0.464. The molecule has 0 aromatic carbocycles. The monoisotopic (exact) mass is 233 g/mol. The van der Waals surface area contributed by atoms with E-state index in [4.69, 9.17) is 0 Å². The molecule has 2 aromatic rings. The Morgan fingerprint density at radius 1 is 1.56 bits per heavy atom. The average Bonchev–Trinajstić information content (AvgIpc) is 2.87.